The fourth-order valence-corrected chi connectivity index (χ4v) is 3.68. The lowest BCUT2D eigenvalue weighted by molar-refractivity contribution is 0.111. The molecule has 0 aliphatic heterocycles. The van der Waals surface area contributed by atoms with Crippen LogP contribution in [0.1, 0.15) is 43.0 Å². The highest BCUT2D eigenvalue weighted by molar-refractivity contribution is 6.31. The molecular formula is C22H21ClN6O. The van der Waals surface area contributed by atoms with Crippen molar-refractivity contribution in [3.63, 3.8) is 0 Å². The minimum absolute atomic E-state index is 0.0942. The predicted molar refractivity (Wildman–Crippen MR) is 115 cm³/mol. The third-order valence-corrected chi connectivity index (χ3v) is 5.24. The maximum absolute atomic E-state index is 11.9. The molecule has 8 heteroatoms. The van der Waals surface area contributed by atoms with E-state index in [1.54, 1.807) is 4.57 Å². The molecular weight excluding hydrogens is 400 g/mol. The second kappa shape index (κ2) is 9.00. The minimum Gasteiger partial charge on any atom is -0.320 e. The first-order chi connectivity index (χ1) is 15.1. The average molecular weight is 422 g/mol. The summed E-state index contributed by atoms with van der Waals surface area (Å²) in [6, 6.07) is 15.9. The number of rotatable bonds is 8. The number of halogens is 1. The van der Waals surface area contributed by atoms with Crippen LogP contribution < -0.4 is 0 Å². The summed E-state index contributed by atoms with van der Waals surface area (Å²) in [5, 5.41) is 14.4. The Bertz CT molecular complexity index is 1190. The Labute approximate surface area is 180 Å². The van der Waals surface area contributed by atoms with Crippen LogP contribution in [0, 0.1) is 0 Å². The monoisotopic (exact) mass is 421 g/mol. The van der Waals surface area contributed by atoms with Crippen molar-refractivity contribution in [3.05, 3.63) is 70.8 Å². The molecule has 2 aromatic heterocycles. The highest BCUT2D eigenvalue weighted by Crippen LogP contribution is 2.30. The molecule has 0 aliphatic rings. The van der Waals surface area contributed by atoms with Gasteiger partial charge < -0.3 is 4.57 Å². The van der Waals surface area contributed by atoms with Crippen molar-refractivity contribution in [3.8, 4) is 22.5 Å². The summed E-state index contributed by atoms with van der Waals surface area (Å²) in [7, 11) is 0. The molecule has 0 unspecified atom stereocenters. The number of aryl methyl sites for hydroxylation is 1. The summed E-state index contributed by atoms with van der Waals surface area (Å²) < 4.78 is 9.35. The maximum atomic E-state index is 11.9. The molecule has 2 aromatic carbocycles. The molecule has 0 fully saturated rings. The van der Waals surface area contributed by atoms with Gasteiger partial charge in [-0.1, -0.05) is 73.5 Å². The number of aromatic amines is 1. The number of tetrazole rings is 1. The number of benzene rings is 2. The van der Waals surface area contributed by atoms with Gasteiger partial charge in [-0.25, -0.2) is 4.98 Å². The zero-order chi connectivity index (χ0) is 21.8. The zero-order valence-corrected chi connectivity index (χ0v) is 17.2. The van der Waals surface area contributed by atoms with Gasteiger partial charge in [-0.15, -0.1) is 10.2 Å². The molecule has 0 atom stereocenters. The molecule has 4 rings (SSSR count). The Hall–Kier alpha value is -3.32. The fraction of sp³-hybridized carbons (Fsp3) is 0.227. The van der Waals surface area contributed by atoms with Crippen molar-refractivity contribution in [1.82, 2.24) is 30.2 Å². The maximum Gasteiger partial charge on any atom is 0.205 e. The lowest BCUT2D eigenvalue weighted by Crippen LogP contribution is -2.08. The summed E-state index contributed by atoms with van der Waals surface area (Å²) in [6.07, 6.45) is 1.82. The van der Waals surface area contributed by atoms with Gasteiger partial charge in [0.05, 0.1) is 0 Å². The van der Waals surface area contributed by atoms with Gasteiger partial charge in [-0.2, -0.15) is 5.21 Å². The van der Waals surface area contributed by atoms with Crippen LogP contribution in [0.5, 0.6) is 0 Å². The predicted octanol–water partition coefficient (Wildman–Crippen LogP) is 4.59. The summed E-state index contributed by atoms with van der Waals surface area (Å²) in [5.41, 5.74) is 4.01. The van der Waals surface area contributed by atoms with E-state index in [2.05, 4.69) is 32.5 Å². The Morgan fingerprint density at radius 1 is 1.17 bits per heavy atom. The molecule has 0 saturated heterocycles. The molecule has 0 bridgehead atoms. The quantitative estimate of drug-likeness (QED) is 0.420. The van der Waals surface area contributed by atoms with E-state index in [4.69, 9.17) is 13.0 Å². The number of nitrogens with zero attached hydrogens (tertiary/aromatic N) is 5. The number of aldehydes is 1. The van der Waals surface area contributed by atoms with Gasteiger partial charge in [0.25, 0.3) is 0 Å². The Balaban J connectivity index is 1.65. The highest BCUT2D eigenvalue weighted by atomic mass is 35.5. The third kappa shape index (κ3) is 4.02. The van der Waals surface area contributed by atoms with Gasteiger partial charge in [0, 0.05) is 18.5 Å². The van der Waals surface area contributed by atoms with Crippen LogP contribution in [-0.4, -0.2) is 36.4 Å². The number of nitrogens with one attached hydrogen (secondary N) is 1. The molecule has 0 saturated carbocycles. The van der Waals surface area contributed by atoms with Crippen LogP contribution in [0.4, 0.5) is 0 Å². The molecule has 0 radical (unpaired) electrons. The minimum atomic E-state index is -0.828. The molecule has 30 heavy (non-hydrogen) atoms. The number of hydrogen-bond acceptors (Lipinski definition) is 5. The molecule has 0 amide bonds. The zero-order valence-electron chi connectivity index (χ0n) is 17.5. The van der Waals surface area contributed by atoms with Crippen LogP contribution in [0.25, 0.3) is 22.5 Å². The van der Waals surface area contributed by atoms with E-state index < -0.39 is 6.26 Å². The number of carbonyl (C=O) groups excluding carboxylic acids is 1. The van der Waals surface area contributed by atoms with Crippen molar-refractivity contribution in [1.29, 1.82) is 0 Å². The van der Waals surface area contributed by atoms with Crippen LogP contribution in [0.3, 0.4) is 0 Å². The number of hydrogen-bond donors (Lipinski definition) is 1. The first-order valence-corrected chi connectivity index (χ1v) is 10.1. The number of H-pyrrole nitrogens is 1. The molecule has 2 heterocycles. The third-order valence-electron chi connectivity index (χ3n) is 4.97. The van der Waals surface area contributed by atoms with Crippen molar-refractivity contribution in [2.24, 2.45) is 0 Å². The van der Waals surface area contributed by atoms with E-state index in [1.165, 1.54) is 0 Å². The van der Waals surface area contributed by atoms with Gasteiger partial charge in [0.2, 0.25) is 5.82 Å². The van der Waals surface area contributed by atoms with E-state index in [0.29, 0.717) is 18.8 Å². The molecule has 1 N–H and O–H groups in total. The number of aromatic nitrogens is 6. The van der Waals surface area contributed by atoms with E-state index in [1.807, 2.05) is 48.5 Å². The van der Waals surface area contributed by atoms with Gasteiger partial charge in [0.1, 0.15) is 12.9 Å². The molecule has 4 aromatic rings. The van der Waals surface area contributed by atoms with Crippen molar-refractivity contribution >= 4 is 17.9 Å². The number of unbranched alkanes of at least 4 members (excludes halogenated alkanes) is 1. The van der Waals surface area contributed by atoms with Crippen molar-refractivity contribution in [2.45, 2.75) is 32.7 Å². The van der Waals surface area contributed by atoms with Crippen LogP contribution in [0.15, 0.2) is 48.5 Å². The number of carbonyl (C=O) groups is 1. The number of imidazole rings is 1. The first-order valence-electron chi connectivity index (χ1n) is 10.3. The topological polar surface area (TPSA) is 89.4 Å². The largest absolute Gasteiger partial charge is 0.320 e. The lowest BCUT2D eigenvalue weighted by Gasteiger charge is -2.11. The second-order valence-corrected chi connectivity index (χ2v) is 7.30. The van der Waals surface area contributed by atoms with E-state index in [9.17, 15) is 4.79 Å². The Kier molecular flexibility index (Phi) is 5.61. The van der Waals surface area contributed by atoms with Gasteiger partial charge in [0.15, 0.2) is 11.4 Å². The molecule has 0 spiro atoms. The van der Waals surface area contributed by atoms with Crippen LogP contribution >= 0.6 is 11.6 Å². The summed E-state index contributed by atoms with van der Waals surface area (Å²) >= 11 is 6.17. The Morgan fingerprint density at radius 2 is 1.93 bits per heavy atom. The summed E-state index contributed by atoms with van der Waals surface area (Å²) in [4.78, 5) is 16.2. The van der Waals surface area contributed by atoms with Gasteiger partial charge in [-0.05, 0) is 28.3 Å². The molecule has 7 nitrogen and oxygen atoms in total. The van der Waals surface area contributed by atoms with E-state index >= 15 is 0 Å². The van der Waals surface area contributed by atoms with Crippen LogP contribution in [-0.2, 0) is 13.0 Å². The van der Waals surface area contributed by atoms with E-state index in [0.717, 1.165) is 40.9 Å². The van der Waals surface area contributed by atoms with E-state index in [-0.39, 0.29) is 10.8 Å². The summed E-state index contributed by atoms with van der Waals surface area (Å²) in [6.45, 7) is 2.52. The highest BCUT2D eigenvalue weighted by Gasteiger charge is 2.16. The van der Waals surface area contributed by atoms with Gasteiger partial charge >= 0.3 is 0 Å². The summed E-state index contributed by atoms with van der Waals surface area (Å²) in [5.74, 6) is 1.26. The second-order valence-electron chi connectivity index (χ2n) is 6.94. The molecule has 152 valence electrons. The smallest absolute Gasteiger partial charge is 0.205 e. The van der Waals surface area contributed by atoms with Crippen molar-refractivity contribution in [2.75, 3.05) is 0 Å². The normalized spacial score (nSPS) is 11.5. The Morgan fingerprint density at radius 3 is 2.60 bits per heavy atom. The average Bonchev–Trinajstić information content (AvgIpc) is 3.41. The van der Waals surface area contributed by atoms with Crippen molar-refractivity contribution < 1.29 is 6.17 Å². The fourth-order valence-electron chi connectivity index (χ4n) is 3.44. The van der Waals surface area contributed by atoms with Gasteiger partial charge in [-0.3, -0.25) is 4.79 Å². The first kappa shape index (κ1) is 18.7. The molecule has 0 aliphatic carbocycles. The standard InChI is InChI=1S/C22H21ClN6O/c1-2-3-8-20-24-21(23)19(14-30)29(20)13-15-9-11-16(12-10-15)17-6-4-5-7-18(17)22-25-27-28-26-22/h4-7,9-12,14H,2-3,8,13H2,1H3,(H,25,26,27,28)/i14D. The SMILES string of the molecule is [2H]C(=O)c1c(Cl)nc(CCCC)n1Cc1ccc(-c2ccccc2-c2nn[nH]n2)cc1. The van der Waals surface area contributed by atoms with Crippen LogP contribution in [0.2, 0.25) is 5.15 Å². The lowest BCUT2D eigenvalue weighted by atomic mass is 9.98.